The molecule has 1 aromatic rings. The Bertz CT molecular complexity index is 528. The molecule has 0 unspecified atom stereocenters. The first-order valence-corrected chi connectivity index (χ1v) is 7.46. The van der Waals surface area contributed by atoms with Gasteiger partial charge in [0.1, 0.15) is 9.84 Å². The summed E-state index contributed by atoms with van der Waals surface area (Å²) in [6.07, 6.45) is 4.19. The van der Waals surface area contributed by atoms with Crippen LogP contribution >= 0.6 is 0 Å². The molecule has 1 aromatic heterocycles. The van der Waals surface area contributed by atoms with Gasteiger partial charge in [0.25, 0.3) is 5.91 Å². The van der Waals surface area contributed by atoms with E-state index in [-0.39, 0.29) is 18.2 Å². The molecule has 0 aliphatic heterocycles. The van der Waals surface area contributed by atoms with E-state index in [1.54, 1.807) is 26.4 Å². The maximum Gasteiger partial charge on any atom is 0.257 e. The molecule has 6 nitrogen and oxygen atoms in total. The largest absolute Gasteiger partial charge is 0.387 e. The number of carbonyl (C=O) groups excluding carboxylic acids is 1. The summed E-state index contributed by atoms with van der Waals surface area (Å²) in [5.74, 6) is -0.305. The third-order valence-electron chi connectivity index (χ3n) is 2.47. The number of aromatic nitrogens is 1. The first kappa shape index (κ1) is 14.4. The van der Waals surface area contributed by atoms with Gasteiger partial charge in [-0.2, -0.15) is 0 Å². The number of sulfone groups is 1. The number of rotatable bonds is 5. The number of hydrogen-bond acceptors (Lipinski definition) is 5. The summed E-state index contributed by atoms with van der Waals surface area (Å²) in [6.45, 7) is 0.162. The zero-order valence-corrected chi connectivity index (χ0v) is 11.5. The first-order valence-electron chi connectivity index (χ1n) is 5.40. The van der Waals surface area contributed by atoms with E-state index in [1.807, 2.05) is 0 Å². The van der Waals surface area contributed by atoms with Gasteiger partial charge in [-0.3, -0.25) is 9.78 Å². The average molecular weight is 271 g/mol. The van der Waals surface area contributed by atoms with Crippen LogP contribution in [0, 0.1) is 0 Å². The molecular weight excluding hydrogens is 254 g/mol. The lowest BCUT2D eigenvalue weighted by molar-refractivity contribution is 0.0804. The van der Waals surface area contributed by atoms with Crippen LogP contribution in [0.25, 0.3) is 0 Å². The van der Waals surface area contributed by atoms with Crippen molar-refractivity contribution in [2.75, 3.05) is 38.0 Å². The van der Waals surface area contributed by atoms with E-state index in [1.165, 1.54) is 11.1 Å². The number of hydrogen-bond donors (Lipinski definition) is 1. The van der Waals surface area contributed by atoms with Gasteiger partial charge in [0, 0.05) is 45.0 Å². The van der Waals surface area contributed by atoms with E-state index in [9.17, 15) is 13.2 Å². The van der Waals surface area contributed by atoms with Crippen LogP contribution in [0.4, 0.5) is 5.69 Å². The predicted octanol–water partition coefficient (Wildman–Crippen LogP) is 0.240. The monoisotopic (exact) mass is 271 g/mol. The van der Waals surface area contributed by atoms with Crippen molar-refractivity contribution in [3.8, 4) is 0 Å². The molecule has 100 valence electrons. The molecular formula is C11H17N3O3S. The topological polar surface area (TPSA) is 79.4 Å². The van der Waals surface area contributed by atoms with Crippen molar-refractivity contribution >= 4 is 21.4 Å². The third-order valence-corrected chi connectivity index (χ3v) is 3.39. The number of nitrogens with zero attached hydrogens (tertiary/aromatic N) is 2. The standard InChI is InChI=1S/C11H17N3O3S/c1-12-10-4-5-13-8-9(10)11(15)14(2)6-7-18(3,16)17/h4-5,8H,6-7H2,1-3H3,(H,12,13). The summed E-state index contributed by atoms with van der Waals surface area (Å²) in [5, 5.41) is 2.90. The zero-order chi connectivity index (χ0) is 13.8. The highest BCUT2D eigenvalue weighted by atomic mass is 32.2. The molecule has 7 heteroatoms. The molecule has 18 heavy (non-hydrogen) atoms. The van der Waals surface area contributed by atoms with Gasteiger partial charge in [-0.25, -0.2) is 8.42 Å². The Morgan fingerprint density at radius 1 is 1.50 bits per heavy atom. The molecule has 0 aliphatic carbocycles. The number of pyridine rings is 1. The summed E-state index contributed by atoms with van der Waals surface area (Å²) in [7, 11) is 0.205. The molecule has 0 saturated heterocycles. The van der Waals surface area contributed by atoms with Gasteiger partial charge in [-0.1, -0.05) is 0 Å². The Labute approximate surface area is 107 Å². The normalized spacial score (nSPS) is 11.1. The van der Waals surface area contributed by atoms with Gasteiger partial charge in [0.05, 0.1) is 11.3 Å². The second kappa shape index (κ2) is 5.81. The highest BCUT2D eigenvalue weighted by Crippen LogP contribution is 2.14. The van der Waals surface area contributed by atoms with Crippen LogP contribution < -0.4 is 5.32 Å². The van der Waals surface area contributed by atoms with Crippen molar-refractivity contribution in [2.45, 2.75) is 0 Å². The zero-order valence-electron chi connectivity index (χ0n) is 10.7. The lowest BCUT2D eigenvalue weighted by Crippen LogP contribution is -2.31. The van der Waals surface area contributed by atoms with Crippen molar-refractivity contribution in [3.63, 3.8) is 0 Å². The van der Waals surface area contributed by atoms with Crippen molar-refractivity contribution in [1.29, 1.82) is 0 Å². The van der Waals surface area contributed by atoms with E-state index >= 15 is 0 Å². The Balaban J connectivity index is 2.80. The predicted molar refractivity (Wildman–Crippen MR) is 70.5 cm³/mol. The maximum absolute atomic E-state index is 12.1. The van der Waals surface area contributed by atoms with Crippen LogP contribution in [0.1, 0.15) is 10.4 Å². The van der Waals surface area contributed by atoms with Gasteiger partial charge < -0.3 is 10.2 Å². The fourth-order valence-corrected chi connectivity index (χ4v) is 2.00. The van der Waals surface area contributed by atoms with Gasteiger partial charge in [0.2, 0.25) is 0 Å². The second-order valence-corrected chi connectivity index (χ2v) is 6.29. The van der Waals surface area contributed by atoms with Gasteiger partial charge in [0.15, 0.2) is 0 Å². The summed E-state index contributed by atoms with van der Waals surface area (Å²) in [6, 6.07) is 1.69. The number of carbonyl (C=O) groups is 1. The van der Waals surface area contributed by atoms with Crippen LogP contribution in [0.2, 0.25) is 0 Å². The molecule has 0 aliphatic rings. The minimum Gasteiger partial charge on any atom is -0.387 e. The van der Waals surface area contributed by atoms with Crippen LogP contribution in [0.3, 0.4) is 0 Å². The molecule has 0 bridgehead atoms. The molecule has 1 amide bonds. The highest BCUT2D eigenvalue weighted by molar-refractivity contribution is 7.90. The smallest absolute Gasteiger partial charge is 0.257 e. The van der Waals surface area contributed by atoms with E-state index in [2.05, 4.69) is 10.3 Å². The fraction of sp³-hybridized carbons (Fsp3) is 0.455. The summed E-state index contributed by atoms with van der Waals surface area (Å²) in [5.41, 5.74) is 1.09. The summed E-state index contributed by atoms with van der Waals surface area (Å²) < 4.78 is 22.1. The molecule has 0 spiro atoms. The third kappa shape index (κ3) is 3.99. The van der Waals surface area contributed by atoms with Crippen molar-refractivity contribution < 1.29 is 13.2 Å². The van der Waals surface area contributed by atoms with Crippen molar-refractivity contribution in [3.05, 3.63) is 24.0 Å². The molecule has 1 N–H and O–H groups in total. The Morgan fingerprint density at radius 2 is 2.17 bits per heavy atom. The summed E-state index contributed by atoms with van der Waals surface area (Å²) in [4.78, 5) is 17.4. The van der Waals surface area contributed by atoms with E-state index < -0.39 is 9.84 Å². The molecule has 0 radical (unpaired) electrons. The average Bonchev–Trinajstić information content (AvgIpc) is 2.34. The molecule has 1 rings (SSSR count). The van der Waals surface area contributed by atoms with Crippen LogP contribution in [-0.4, -0.2) is 56.9 Å². The summed E-state index contributed by atoms with van der Waals surface area (Å²) >= 11 is 0. The van der Waals surface area contributed by atoms with E-state index in [0.717, 1.165) is 6.26 Å². The molecule has 0 fully saturated rings. The van der Waals surface area contributed by atoms with Crippen molar-refractivity contribution in [1.82, 2.24) is 9.88 Å². The lowest BCUT2D eigenvalue weighted by atomic mass is 10.2. The Hall–Kier alpha value is -1.63. The Kier molecular flexibility index (Phi) is 4.66. The van der Waals surface area contributed by atoms with Crippen LogP contribution in [0.5, 0.6) is 0 Å². The van der Waals surface area contributed by atoms with Crippen LogP contribution in [-0.2, 0) is 9.84 Å². The lowest BCUT2D eigenvalue weighted by Gasteiger charge is -2.18. The number of nitrogens with one attached hydrogen (secondary N) is 1. The second-order valence-electron chi connectivity index (χ2n) is 4.03. The Morgan fingerprint density at radius 3 is 2.72 bits per heavy atom. The fourth-order valence-electron chi connectivity index (χ4n) is 1.39. The number of amides is 1. The SMILES string of the molecule is CNc1ccncc1C(=O)N(C)CCS(C)(=O)=O. The van der Waals surface area contributed by atoms with Gasteiger partial charge in [-0.15, -0.1) is 0 Å². The molecule has 0 saturated carbocycles. The molecule has 0 atom stereocenters. The van der Waals surface area contributed by atoms with E-state index in [0.29, 0.717) is 11.3 Å². The van der Waals surface area contributed by atoms with Crippen LogP contribution in [0.15, 0.2) is 18.5 Å². The van der Waals surface area contributed by atoms with E-state index in [4.69, 9.17) is 0 Å². The quantitative estimate of drug-likeness (QED) is 0.830. The van der Waals surface area contributed by atoms with Gasteiger partial charge >= 0.3 is 0 Å². The first-order chi connectivity index (χ1) is 8.35. The van der Waals surface area contributed by atoms with Gasteiger partial charge in [-0.05, 0) is 6.07 Å². The minimum atomic E-state index is -3.08. The molecule has 1 heterocycles. The maximum atomic E-state index is 12.1. The minimum absolute atomic E-state index is 0.0512. The number of anilines is 1. The molecule has 0 aromatic carbocycles. The van der Waals surface area contributed by atoms with Crippen molar-refractivity contribution in [2.24, 2.45) is 0 Å². The highest BCUT2D eigenvalue weighted by Gasteiger charge is 2.16.